The van der Waals surface area contributed by atoms with Crippen molar-refractivity contribution in [3.8, 4) is 0 Å². The van der Waals surface area contributed by atoms with Crippen LogP contribution in [0.1, 0.15) is 46.5 Å². The summed E-state index contributed by atoms with van der Waals surface area (Å²) < 4.78 is 0. The molecule has 2 amide bonds. The predicted octanol–water partition coefficient (Wildman–Crippen LogP) is 2.62. The fraction of sp³-hybridized carbons (Fsp3) is 0.917. The molecule has 0 aromatic carbocycles. The van der Waals surface area contributed by atoms with E-state index in [1.165, 1.54) is 0 Å². The number of amides is 2. The number of urea groups is 1. The Morgan fingerprint density at radius 2 is 1.93 bits per heavy atom. The first-order chi connectivity index (χ1) is 7.21. The monoisotopic (exact) mass is 212 g/mol. The largest absolute Gasteiger partial charge is 0.335 e. The standard InChI is InChI=1S/C12H24N2O/c1-4-10(5-2)9-14(6-3)12(15)13-11-7-8-11/h10-11H,4-9H2,1-3H3,(H,13,15). The lowest BCUT2D eigenvalue weighted by molar-refractivity contribution is 0.188. The second-order valence-electron chi connectivity index (χ2n) is 4.44. The topological polar surface area (TPSA) is 32.3 Å². The lowest BCUT2D eigenvalue weighted by atomic mass is 10.0. The van der Waals surface area contributed by atoms with Crippen molar-refractivity contribution in [1.29, 1.82) is 0 Å². The number of nitrogens with one attached hydrogen (secondary N) is 1. The van der Waals surface area contributed by atoms with E-state index in [9.17, 15) is 4.79 Å². The van der Waals surface area contributed by atoms with Gasteiger partial charge in [0.05, 0.1) is 0 Å². The molecule has 0 saturated heterocycles. The van der Waals surface area contributed by atoms with Crippen molar-refractivity contribution in [2.24, 2.45) is 5.92 Å². The molecule has 0 aromatic rings. The van der Waals surface area contributed by atoms with Crippen LogP contribution in [0.25, 0.3) is 0 Å². The van der Waals surface area contributed by atoms with Crippen LogP contribution >= 0.6 is 0 Å². The van der Waals surface area contributed by atoms with Crippen molar-refractivity contribution in [1.82, 2.24) is 10.2 Å². The molecule has 15 heavy (non-hydrogen) atoms. The normalized spacial score (nSPS) is 15.5. The highest BCUT2D eigenvalue weighted by Gasteiger charge is 2.25. The van der Waals surface area contributed by atoms with Crippen molar-refractivity contribution >= 4 is 6.03 Å². The average molecular weight is 212 g/mol. The first kappa shape index (κ1) is 12.3. The SMILES string of the molecule is CCC(CC)CN(CC)C(=O)NC1CC1. The summed E-state index contributed by atoms with van der Waals surface area (Å²) in [6.07, 6.45) is 4.63. The van der Waals surface area contributed by atoms with Crippen molar-refractivity contribution in [3.05, 3.63) is 0 Å². The molecule has 3 nitrogen and oxygen atoms in total. The molecule has 1 N–H and O–H groups in total. The Labute approximate surface area is 93.2 Å². The molecule has 0 aliphatic heterocycles. The van der Waals surface area contributed by atoms with Gasteiger partial charge in [-0.05, 0) is 25.7 Å². The van der Waals surface area contributed by atoms with Gasteiger partial charge in [-0.3, -0.25) is 0 Å². The van der Waals surface area contributed by atoms with E-state index in [4.69, 9.17) is 0 Å². The van der Waals surface area contributed by atoms with Crippen LogP contribution in [0, 0.1) is 5.92 Å². The molecule has 0 unspecified atom stereocenters. The summed E-state index contributed by atoms with van der Waals surface area (Å²) in [6, 6.07) is 0.597. The zero-order chi connectivity index (χ0) is 11.3. The summed E-state index contributed by atoms with van der Waals surface area (Å²) in [5.41, 5.74) is 0. The van der Waals surface area contributed by atoms with Gasteiger partial charge in [-0.1, -0.05) is 26.7 Å². The van der Waals surface area contributed by atoms with Crippen LogP contribution in [0.3, 0.4) is 0 Å². The Kier molecular flexibility index (Phi) is 4.92. The van der Waals surface area contributed by atoms with Crippen LogP contribution in [-0.4, -0.2) is 30.1 Å². The number of nitrogens with zero attached hydrogens (tertiary/aromatic N) is 1. The summed E-state index contributed by atoms with van der Waals surface area (Å²) in [5, 5.41) is 3.05. The summed E-state index contributed by atoms with van der Waals surface area (Å²) in [7, 11) is 0. The molecule has 0 aromatic heterocycles. The van der Waals surface area contributed by atoms with Gasteiger partial charge in [0.15, 0.2) is 0 Å². The fourth-order valence-corrected chi connectivity index (χ4v) is 1.71. The second-order valence-corrected chi connectivity index (χ2v) is 4.44. The van der Waals surface area contributed by atoms with Gasteiger partial charge in [0, 0.05) is 19.1 Å². The second kappa shape index (κ2) is 5.99. The van der Waals surface area contributed by atoms with E-state index >= 15 is 0 Å². The van der Waals surface area contributed by atoms with Crippen LogP contribution in [0.4, 0.5) is 4.79 Å². The van der Waals surface area contributed by atoms with Gasteiger partial charge in [0.25, 0.3) is 0 Å². The van der Waals surface area contributed by atoms with Crippen molar-refractivity contribution in [3.63, 3.8) is 0 Å². The van der Waals surface area contributed by atoms with E-state index in [0.29, 0.717) is 12.0 Å². The van der Waals surface area contributed by atoms with Gasteiger partial charge >= 0.3 is 6.03 Å². The summed E-state index contributed by atoms with van der Waals surface area (Å²) in [4.78, 5) is 13.7. The maximum atomic E-state index is 11.8. The average Bonchev–Trinajstić information content (AvgIpc) is 3.03. The van der Waals surface area contributed by atoms with Gasteiger partial charge in [0.2, 0.25) is 0 Å². The van der Waals surface area contributed by atoms with Gasteiger partial charge in [-0.15, -0.1) is 0 Å². The number of carbonyl (C=O) groups is 1. The van der Waals surface area contributed by atoms with Gasteiger partial charge in [-0.2, -0.15) is 0 Å². The third-order valence-corrected chi connectivity index (χ3v) is 3.21. The summed E-state index contributed by atoms with van der Waals surface area (Å²) >= 11 is 0. The molecule has 0 heterocycles. The van der Waals surface area contributed by atoms with E-state index in [1.54, 1.807) is 0 Å². The smallest absolute Gasteiger partial charge is 0.317 e. The lowest BCUT2D eigenvalue weighted by Crippen LogP contribution is -2.43. The lowest BCUT2D eigenvalue weighted by Gasteiger charge is -2.25. The zero-order valence-electron chi connectivity index (χ0n) is 10.3. The maximum absolute atomic E-state index is 11.8. The number of carbonyl (C=O) groups excluding carboxylic acids is 1. The van der Waals surface area contributed by atoms with E-state index in [1.807, 2.05) is 4.90 Å². The number of rotatable bonds is 6. The predicted molar refractivity (Wildman–Crippen MR) is 62.9 cm³/mol. The molecule has 0 atom stereocenters. The van der Waals surface area contributed by atoms with E-state index < -0.39 is 0 Å². The Balaban J connectivity index is 2.34. The highest BCUT2D eigenvalue weighted by Crippen LogP contribution is 2.19. The molecule has 1 aliphatic carbocycles. The van der Waals surface area contributed by atoms with Crippen LogP contribution in [0.2, 0.25) is 0 Å². The molecule has 1 rings (SSSR count). The van der Waals surface area contributed by atoms with Gasteiger partial charge in [0.1, 0.15) is 0 Å². The molecule has 1 saturated carbocycles. The molecule has 0 spiro atoms. The Bertz CT molecular complexity index is 198. The van der Waals surface area contributed by atoms with Crippen molar-refractivity contribution in [2.45, 2.75) is 52.5 Å². The molecule has 88 valence electrons. The first-order valence-corrected chi connectivity index (χ1v) is 6.26. The molecule has 1 aliphatic rings. The Morgan fingerprint density at radius 1 is 1.33 bits per heavy atom. The van der Waals surface area contributed by atoms with Gasteiger partial charge in [-0.25, -0.2) is 4.79 Å². The van der Waals surface area contributed by atoms with E-state index in [-0.39, 0.29) is 6.03 Å². The molecule has 0 radical (unpaired) electrons. The maximum Gasteiger partial charge on any atom is 0.317 e. The number of hydrogen-bond donors (Lipinski definition) is 1. The van der Waals surface area contributed by atoms with Gasteiger partial charge < -0.3 is 10.2 Å². The zero-order valence-corrected chi connectivity index (χ0v) is 10.3. The third-order valence-electron chi connectivity index (χ3n) is 3.21. The van der Waals surface area contributed by atoms with Crippen LogP contribution < -0.4 is 5.32 Å². The minimum absolute atomic E-state index is 0.131. The van der Waals surface area contributed by atoms with E-state index in [0.717, 1.165) is 38.8 Å². The molecule has 0 bridgehead atoms. The van der Waals surface area contributed by atoms with Crippen LogP contribution in [0.15, 0.2) is 0 Å². The quantitative estimate of drug-likeness (QED) is 0.721. The first-order valence-electron chi connectivity index (χ1n) is 6.26. The minimum atomic E-state index is 0.131. The number of hydrogen-bond acceptors (Lipinski definition) is 1. The summed E-state index contributed by atoms with van der Waals surface area (Å²) in [5.74, 6) is 0.648. The van der Waals surface area contributed by atoms with Crippen LogP contribution in [-0.2, 0) is 0 Å². The Morgan fingerprint density at radius 3 is 2.33 bits per heavy atom. The highest BCUT2D eigenvalue weighted by molar-refractivity contribution is 5.74. The van der Waals surface area contributed by atoms with E-state index in [2.05, 4.69) is 26.1 Å². The highest BCUT2D eigenvalue weighted by atomic mass is 16.2. The fourth-order valence-electron chi connectivity index (χ4n) is 1.71. The van der Waals surface area contributed by atoms with Crippen molar-refractivity contribution in [2.75, 3.05) is 13.1 Å². The van der Waals surface area contributed by atoms with Crippen molar-refractivity contribution < 1.29 is 4.79 Å². The third kappa shape index (κ3) is 4.10. The summed E-state index contributed by atoms with van der Waals surface area (Å²) in [6.45, 7) is 8.16. The molecular weight excluding hydrogens is 188 g/mol. The molecule has 3 heteroatoms. The Hall–Kier alpha value is -0.730. The van der Waals surface area contributed by atoms with Crippen LogP contribution in [0.5, 0.6) is 0 Å². The minimum Gasteiger partial charge on any atom is -0.335 e. The molecular formula is C12H24N2O. The molecule has 1 fully saturated rings.